The second-order valence-electron chi connectivity index (χ2n) is 6.17. The molecule has 0 amide bonds. The summed E-state index contributed by atoms with van der Waals surface area (Å²) in [5, 5.41) is 4.19. The van der Waals surface area contributed by atoms with Crippen LogP contribution in [0.5, 0.6) is 5.75 Å². The van der Waals surface area contributed by atoms with Crippen molar-refractivity contribution in [1.29, 1.82) is 0 Å². The molecule has 0 aromatic heterocycles. The molecule has 4 nitrogen and oxygen atoms in total. The molecule has 1 aliphatic rings. The van der Waals surface area contributed by atoms with E-state index in [1.165, 1.54) is 12.7 Å². The molecule has 1 aliphatic heterocycles. The Morgan fingerprint density at radius 3 is 2.92 bits per heavy atom. The summed E-state index contributed by atoms with van der Waals surface area (Å²) in [4.78, 5) is 11.5. The van der Waals surface area contributed by atoms with Gasteiger partial charge < -0.3 is 14.8 Å². The standard InChI is InChI=1S/C20H22ClNO3/c1-24-20(23)11-14-5-8-19-18(10-14)22-9-3-2-4-15-12-17(21)7-6-16(15)13-25-19/h5-8,10,12,22H,2-4,9,11,13H2,1H3. The molecule has 2 aromatic carbocycles. The van der Waals surface area contributed by atoms with Crippen LogP contribution < -0.4 is 10.1 Å². The Morgan fingerprint density at radius 1 is 1.20 bits per heavy atom. The molecule has 0 spiro atoms. The molecule has 25 heavy (non-hydrogen) atoms. The third kappa shape index (κ3) is 4.67. The van der Waals surface area contributed by atoms with E-state index in [1.807, 2.05) is 36.4 Å². The Morgan fingerprint density at radius 2 is 2.08 bits per heavy atom. The van der Waals surface area contributed by atoms with Gasteiger partial charge in [-0.15, -0.1) is 0 Å². The van der Waals surface area contributed by atoms with Gasteiger partial charge >= 0.3 is 5.97 Å². The van der Waals surface area contributed by atoms with Crippen LogP contribution in [0, 0.1) is 0 Å². The third-order valence-corrected chi connectivity index (χ3v) is 4.60. The van der Waals surface area contributed by atoms with Gasteiger partial charge in [-0.25, -0.2) is 0 Å². The van der Waals surface area contributed by atoms with E-state index in [-0.39, 0.29) is 12.4 Å². The van der Waals surface area contributed by atoms with Crippen LogP contribution >= 0.6 is 11.6 Å². The van der Waals surface area contributed by atoms with Crippen molar-refractivity contribution in [1.82, 2.24) is 0 Å². The van der Waals surface area contributed by atoms with E-state index in [9.17, 15) is 4.79 Å². The predicted molar refractivity (Wildman–Crippen MR) is 99.4 cm³/mol. The van der Waals surface area contributed by atoms with Gasteiger partial charge in [0, 0.05) is 11.6 Å². The Bertz CT molecular complexity index is 761. The molecule has 1 N–H and O–H groups in total. The molecule has 3 rings (SSSR count). The van der Waals surface area contributed by atoms with Gasteiger partial charge in [-0.05, 0) is 60.2 Å². The fourth-order valence-electron chi connectivity index (χ4n) is 2.98. The van der Waals surface area contributed by atoms with E-state index in [0.29, 0.717) is 6.61 Å². The number of methoxy groups -OCH3 is 1. The number of hydrogen-bond donors (Lipinski definition) is 1. The van der Waals surface area contributed by atoms with Gasteiger partial charge in [0.1, 0.15) is 12.4 Å². The molecular weight excluding hydrogens is 338 g/mol. The normalized spacial score (nSPS) is 14.2. The van der Waals surface area contributed by atoms with Crippen LogP contribution in [0.1, 0.15) is 29.5 Å². The Hall–Kier alpha value is -2.20. The third-order valence-electron chi connectivity index (χ3n) is 4.36. The lowest BCUT2D eigenvalue weighted by Crippen LogP contribution is -2.07. The van der Waals surface area contributed by atoms with Crippen molar-refractivity contribution in [2.24, 2.45) is 0 Å². The lowest BCUT2D eigenvalue weighted by atomic mass is 10.0. The Balaban J connectivity index is 1.84. The SMILES string of the molecule is COC(=O)Cc1ccc2c(c1)NCCCCc1cc(Cl)ccc1CO2. The van der Waals surface area contributed by atoms with Crippen LogP contribution in [-0.2, 0) is 29.0 Å². The first-order chi connectivity index (χ1) is 12.2. The Labute approximate surface area is 153 Å². The first-order valence-electron chi connectivity index (χ1n) is 8.49. The number of ether oxygens (including phenoxy) is 2. The maximum atomic E-state index is 11.5. The van der Waals surface area contributed by atoms with Crippen molar-refractivity contribution in [3.8, 4) is 5.75 Å². The summed E-state index contributed by atoms with van der Waals surface area (Å²) in [7, 11) is 1.40. The molecule has 0 aliphatic carbocycles. The zero-order chi connectivity index (χ0) is 17.6. The van der Waals surface area contributed by atoms with Gasteiger partial charge in [0.25, 0.3) is 0 Å². The number of carbonyl (C=O) groups excluding carboxylic acids is 1. The minimum absolute atomic E-state index is 0.247. The van der Waals surface area contributed by atoms with Gasteiger partial charge in [-0.1, -0.05) is 23.7 Å². The van der Waals surface area contributed by atoms with Gasteiger partial charge in [-0.2, -0.15) is 0 Å². The van der Waals surface area contributed by atoms with E-state index < -0.39 is 0 Å². The number of rotatable bonds is 2. The quantitative estimate of drug-likeness (QED) is 0.808. The summed E-state index contributed by atoms with van der Waals surface area (Å²) in [6, 6.07) is 11.8. The van der Waals surface area contributed by atoms with Crippen molar-refractivity contribution in [3.63, 3.8) is 0 Å². The number of hydrogen-bond acceptors (Lipinski definition) is 4. The smallest absolute Gasteiger partial charge is 0.309 e. The monoisotopic (exact) mass is 359 g/mol. The average Bonchev–Trinajstić information content (AvgIpc) is 2.64. The largest absolute Gasteiger partial charge is 0.487 e. The zero-order valence-corrected chi connectivity index (χ0v) is 15.1. The molecule has 0 saturated heterocycles. The summed E-state index contributed by atoms with van der Waals surface area (Å²) in [5.74, 6) is 0.541. The number of fused-ring (bicyclic) bond motifs is 2. The molecule has 0 radical (unpaired) electrons. The minimum atomic E-state index is -0.247. The molecule has 0 fully saturated rings. The van der Waals surface area contributed by atoms with Crippen molar-refractivity contribution in [3.05, 3.63) is 58.1 Å². The molecule has 0 atom stereocenters. The molecular formula is C20H22ClNO3. The van der Waals surface area contributed by atoms with Crippen LogP contribution in [0.4, 0.5) is 5.69 Å². The van der Waals surface area contributed by atoms with Crippen LogP contribution in [0.3, 0.4) is 0 Å². The summed E-state index contributed by atoms with van der Waals surface area (Å²) in [5.41, 5.74) is 4.23. The van der Waals surface area contributed by atoms with Gasteiger partial charge in [0.2, 0.25) is 0 Å². The fraction of sp³-hybridized carbons (Fsp3) is 0.350. The van der Waals surface area contributed by atoms with Crippen LogP contribution in [0.2, 0.25) is 5.02 Å². The first kappa shape index (κ1) is 17.6. The van der Waals surface area contributed by atoms with Crippen LogP contribution in [0.15, 0.2) is 36.4 Å². The predicted octanol–water partition coefficient (Wildman–Crippen LogP) is 4.38. The summed E-state index contributed by atoms with van der Waals surface area (Å²) in [6.07, 6.45) is 3.38. The van der Waals surface area contributed by atoms with E-state index >= 15 is 0 Å². The summed E-state index contributed by atoms with van der Waals surface area (Å²) in [6.45, 7) is 1.35. The van der Waals surface area contributed by atoms with Crippen LogP contribution in [0.25, 0.3) is 0 Å². The number of anilines is 1. The van der Waals surface area contributed by atoms with Crippen molar-refractivity contribution < 1.29 is 14.3 Å². The van der Waals surface area contributed by atoms with E-state index in [1.54, 1.807) is 0 Å². The molecule has 0 saturated carbocycles. The number of halogens is 1. The fourth-order valence-corrected chi connectivity index (χ4v) is 3.17. The highest BCUT2D eigenvalue weighted by molar-refractivity contribution is 6.30. The number of esters is 1. The first-order valence-corrected chi connectivity index (χ1v) is 8.87. The average molecular weight is 360 g/mol. The second kappa shape index (κ2) is 8.26. The molecule has 0 bridgehead atoms. The topological polar surface area (TPSA) is 47.6 Å². The lowest BCUT2D eigenvalue weighted by Gasteiger charge is -2.15. The molecule has 132 valence electrons. The number of carbonyl (C=O) groups is 1. The summed E-state index contributed by atoms with van der Waals surface area (Å²) < 4.78 is 10.8. The van der Waals surface area contributed by atoms with Crippen molar-refractivity contribution >= 4 is 23.3 Å². The van der Waals surface area contributed by atoms with E-state index in [2.05, 4.69) is 5.32 Å². The highest BCUT2D eigenvalue weighted by Crippen LogP contribution is 2.29. The van der Waals surface area contributed by atoms with Crippen molar-refractivity contribution in [2.45, 2.75) is 32.3 Å². The lowest BCUT2D eigenvalue weighted by molar-refractivity contribution is -0.139. The van der Waals surface area contributed by atoms with E-state index in [4.69, 9.17) is 21.1 Å². The maximum Gasteiger partial charge on any atom is 0.309 e. The number of benzene rings is 2. The number of aryl methyl sites for hydroxylation is 1. The highest BCUT2D eigenvalue weighted by atomic mass is 35.5. The van der Waals surface area contributed by atoms with Gasteiger partial charge in [0.15, 0.2) is 0 Å². The van der Waals surface area contributed by atoms with Gasteiger partial charge in [-0.3, -0.25) is 4.79 Å². The minimum Gasteiger partial charge on any atom is -0.487 e. The highest BCUT2D eigenvalue weighted by Gasteiger charge is 2.12. The zero-order valence-electron chi connectivity index (χ0n) is 14.3. The van der Waals surface area contributed by atoms with Gasteiger partial charge in [0.05, 0.1) is 19.2 Å². The van der Waals surface area contributed by atoms with E-state index in [0.717, 1.165) is 53.4 Å². The maximum absolute atomic E-state index is 11.5. The Kier molecular flexibility index (Phi) is 5.82. The molecule has 0 unspecified atom stereocenters. The molecule has 5 heteroatoms. The number of nitrogens with one attached hydrogen (secondary N) is 1. The second-order valence-corrected chi connectivity index (χ2v) is 6.61. The molecule has 1 heterocycles. The summed E-state index contributed by atoms with van der Waals surface area (Å²) >= 11 is 6.14. The van der Waals surface area contributed by atoms with Crippen molar-refractivity contribution in [2.75, 3.05) is 19.0 Å². The van der Waals surface area contributed by atoms with Crippen LogP contribution in [-0.4, -0.2) is 19.6 Å². The molecule has 2 aromatic rings.